The number of nitrogens with one attached hydrogen (secondary N) is 1. The number of piperazine rings is 1. The average molecular weight is 405 g/mol. The predicted molar refractivity (Wildman–Crippen MR) is 105 cm³/mol. The van der Waals surface area contributed by atoms with Gasteiger partial charge in [-0.05, 0) is 24.9 Å². The van der Waals surface area contributed by atoms with Gasteiger partial charge in [0.05, 0.1) is 14.2 Å². The minimum absolute atomic E-state index is 0.204. The highest BCUT2D eigenvalue weighted by Crippen LogP contribution is 2.39. The van der Waals surface area contributed by atoms with Crippen molar-refractivity contribution in [1.29, 1.82) is 0 Å². The highest BCUT2D eigenvalue weighted by atomic mass is 32.2. The van der Waals surface area contributed by atoms with Crippen LogP contribution in [0.5, 0.6) is 11.8 Å². The van der Waals surface area contributed by atoms with Crippen LogP contribution in [0.1, 0.15) is 6.92 Å². The molecule has 0 aromatic carbocycles. The van der Waals surface area contributed by atoms with E-state index in [1.807, 2.05) is 0 Å². The molecule has 2 aromatic heterocycles. The number of aromatic nitrogens is 4. The largest absolute Gasteiger partial charge is 0.480 e. The van der Waals surface area contributed by atoms with Gasteiger partial charge in [-0.2, -0.15) is 9.97 Å². The Bertz CT molecular complexity index is 818. The third-order valence-electron chi connectivity index (χ3n) is 4.10. The Balaban J connectivity index is 1.89. The molecule has 1 amide bonds. The molecule has 2 aromatic rings. The van der Waals surface area contributed by atoms with E-state index in [4.69, 9.17) is 9.47 Å². The second-order valence-electron chi connectivity index (χ2n) is 6.17. The first-order valence-electron chi connectivity index (χ1n) is 8.72. The standard InChI is InChI=1S/C17H23N7O3S/c1-11(25)19-12-5-6-18-17(20-12)28-13-14(26-3)21-16(22-15(13)27-4)24-9-7-23(2)8-10-24/h5-6H,7-10H2,1-4H3,(H,18,19,20,25). The lowest BCUT2D eigenvalue weighted by atomic mass is 10.3. The van der Waals surface area contributed by atoms with Crippen LogP contribution < -0.4 is 19.7 Å². The molecule has 1 aliphatic heterocycles. The molecule has 0 saturated carbocycles. The molecular weight excluding hydrogens is 382 g/mol. The van der Waals surface area contributed by atoms with E-state index in [2.05, 4.69) is 42.1 Å². The topological polar surface area (TPSA) is 106 Å². The maximum Gasteiger partial charge on any atom is 0.236 e. The Labute approximate surface area is 167 Å². The number of likely N-dealkylation sites (N-methyl/N-ethyl adjacent to an activating group) is 1. The molecule has 0 atom stereocenters. The van der Waals surface area contributed by atoms with Crippen LogP contribution in [0.25, 0.3) is 0 Å². The third kappa shape index (κ3) is 4.78. The van der Waals surface area contributed by atoms with Gasteiger partial charge in [-0.1, -0.05) is 0 Å². The van der Waals surface area contributed by atoms with Crippen molar-refractivity contribution in [3.63, 3.8) is 0 Å². The molecule has 0 aliphatic carbocycles. The van der Waals surface area contributed by atoms with Crippen LogP contribution in [0.2, 0.25) is 0 Å². The van der Waals surface area contributed by atoms with E-state index in [-0.39, 0.29) is 5.91 Å². The summed E-state index contributed by atoms with van der Waals surface area (Å²) >= 11 is 1.21. The molecule has 10 nitrogen and oxygen atoms in total. The summed E-state index contributed by atoms with van der Waals surface area (Å²) in [5.41, 5.74) is 0. The number of methoxy groups -OCH3 is 2. The summed E-state index contributed by atoms with van der Waals surface area (Å²) < 4.78 is 11.0. The molecule has 0 bridgehead atoms. The van der Waals surface area contributed by atoms with Gasteiger partial charge in [0.2, 0.25) is 23.6 Å². The number of rotatable bonds is 6. The van der Waals surface area contributed by atoms with Gasteiger partial charge in [0.15, 0.2) is 5.16 Å². The van der Waals surface area contributed by atoms with Gasteiger partial charge in [-0.15, -0.1) is 0 Å². The number of carbonyl (C=O) groups excluding carboxylic acids is 1. The van der Waals surface area contributed by atoms with Crippen molar-refractivity contribution < 1.29 is 14.3 Å². The van der Waals surface area contributed by atoms with Crippen LogP contribution in [-0.2, 0) is 4.79 Å². The Kier molecular flexibility index (Phi) is 6.47. The second-order valence-corrected chi connectivity index (χ2v) is 7.15. The summed E-state index contributed by atoms with van der Waals surface area (Å²) in [4.78, 5) is 33.9. The van der Waals surface area contributed by atoms with Crippen LogP contribution in [0, 0.1) is 0 Å². The number of nitrogens with zero attached hydrogens (tertiary/aromatic N) is 6. The van der Waals surface area contributed by atoms with E-state index in [1.165, 1.54) is 18.7 Å². The molecule has 1 fully saturated rings. The van der Waals surface area contributed by atoms with Crippen LogP contribution in [0.4, 0.5) is 11.8 Å². The normalized spacial score (nSPS) is 14.6. The lowest BCUT2D eigenvalue weighted by molar-refractivity contribution is -0.114. The van der Waals surface area contributed by atoms with E-state index in [9.17, 15) is 4.79 Å². The fourth-order valence-corrected chi connectivity index (χ4v) is 3.52. The van der Waals surface area contributed by atoms with Crippen molar-refractivity contribution in [2.45, 2.75) is 17.0 Å². The van der Waals surface area contributed by atoms with Crippen molar-refractivity contribution in [3.8, 4) is 11.8 Å². The number of amides is 1. The van der Waals surface area contributed by atoms with Crippen molar-refractivity contribution in [1.82, 2.24) is 24.8 Å². The first-order chi connectivity index (χ1) is 13.5. The lowest BCUT2D eigenvalue weighted by Gasteiger charge is -2.32. The van der Waals surface area contributed by atoms with Gasteiger partial charge in [-0.25, -0.2) is 9.97 Å². The minimum Gasteiger partial charge on any atom is -0.480 e. The average Bonchev–Trinajstić information content (AvgIpc) is 2.68. The summed E-state index contributed by atoms with van der Waals surface area (Å²) in [5.74, 6) is 1.56. The second kappa shape index (κ2) is 9.02. The number of hydrogen-bond donors (Lipinski definition) is 1. The van der Waals surface area contributed by atoms with E-state index >= 15 is 0 Å². The molecule has 28 heavy (non-hydrogen) atoms. The summed E-state index contributed by atoms with van der Waals surface area (Å²) in [7, 11) is 5.19. The molecule has 1 N–H and O–H groups in total. The third-order valence-corrected chi connectivity index (χ3v) is 5.03. The summed E-state index contributed by atoms with van der Waals surface area (Å²) in [6, 6.07) is 1.62. The van der Waals surface area contributed by atoms with Gasteiger partial charge in [0.1, 0.15) is 10.7 Å². The van der Waals surface area contributed by atoms with Crippen LogP contribution in [0.3, 0.4) is 0 Å². The maximum absolute atomic E-state index is 11.2. The predicted octanol–water partition coefficient (Wildman–Crippen LogP) is 1.15. The quantitative estimate of drug-likeness (QED) is 0.703. The van der Waals surface area contributed by atoms with Gasteiger partial charge in [0, 0.05) is 39.3 Å². The Morgan fingerprint density at radius 1 is 1.11 bits per heavy atom. The summed E-state index contributed by atoms with van der Waals surface area (Å²) in [5, 5.41) is 3.05. The molecular formula is C17H23N7O3S. The molecule has 11 heteroatoms. The monoisotopic (exact) mass is 405 g/mol. The smallest absolute Gasteiger partial charge is 0.236 e. The van der Waals surface area contributed by atoms with Crippen molar-refractivity contribution >= 4 is 29.4 Å². The molecule has 1 aliphatic rings. The van der Waals surface area contributed by atoms with E-state index < -0.39 is 0 Å². The van der Waals surface area contributed by atoms with E-state index in [1.54, 1.807) is 26.5 Å². The lowest BCUT2D eigenvalue weighted by Crippen LogP contribution is -2.45. The van der Waals surface area contributed by atoms with Crippen molar-refractivity contribution in [2.75, 3.05) is 57.7 Å². The minimum atomic E-state index is -0.204. The van der Waals surface area contributed by atoms with Gasteiger partial charge in [0.25, 0.3) is 0 Å². The highest BCUT2D eigenvalue weighted by Gasteiger charge is 2.23. The van der Waals surface area contributed by atoms with Gasteiger partial charge >= 0.3 is 0 Å². The molecule has 150 valence electrons. The maximum atomic E-state index is 11.2. The zero-order valence-corrected chi connectivity index (χ0v) is 17.1. The molecule has 3 heterocycles. The van der Waals surface area contributed by atoms with E-state index in [0.717, 1.165) is 26.2 Å². The Morgan fingerprint density at radius 3 is 2.32 bits per heavy atom. The fourth-order valence-electron chi connectivity index (χ4n) is 2.64. The van der Waals surface area contributed by atoms with Crippen molar-refractivity contribution in [2.24, 2.45) is 0 Å². The first-order valence-corrected chi connectivity index (χ1v) is 9.53. The SMILES string of the molecule is COc1nc(N2CCN(C)CC2)nc(OC)c1Sc1nccc(NC(C)=O)n1. The zero-order chi connectivity index (χ0) is 20.1. The van der Waals surface area contributed by atoms with Crippen LogP contribution >= 0.6 is 11.8 Å². The number of hydrogen-bond acceptors (Lipinski definition) is 10. The van der Waals surface area contributed by atoms with Gasteiger partial charge in [-0.3, -0.25) is 4.79 Å². The fraction of sp³-hybridized carbons (Fsp3) is 0.471. The molecule has 0 spiro atoms. The number of ether oxygens (including phenoxy) is 2. The molecule has 1 saturated heterocycles. The molecule has 0 unspecified atom stereocenters. The Hall–Kier alpha value is -2.66. The number of anilines is 2. The summed E-state index contributed by atoms with van der Waals surface area (Å²) in [6.45, 7) is 4.96. The van der Waals surface area contributed by atoms with E-state index in [0.29, 0.717) is 33.6 Å². The Morgan fingerprint density at radius 2 is 1.75 bits per heavy atom. The van der Waals surface area contributed by atoms with Crippen molar-refractivity contribution in [3.05, 3.63) is 12.3 Å². The van der Waals surface area contributed by atoms with Crippen LogP contribution in [-0.4, -0.2) is 78.2 Å². The molecule has 3 rings (SSSR count). The van der Waals surface area contributed by atoms with Gasteiger partial charge < -0.3 is 24.6 Å². The first kappa shape index (κ1) is 20.1. The highest BCUT2D eigenvalue weighted by molar-refractivity contribution is 7.99. The molecule has 0 radical (unpaired) electrons. The zero-order valence-electron chi connectivity index (χ0n) is 16.3. The number of carbonyl (C=O) groups is 1. The summed E-state index contributed by atoms with van der Waals surface area (Å²) in [6.07, 6.45) is 1.57. The van der Waals surface area contributed by atoms with Crippen LogP contribution in [0.15, 0.2) is 22.3 Å².